The predicted octanol–water partition coefficient (Wildman–Crippen LogP) is 1.39. The summed E-state index contributed by atoms with van der Waals surface area (Å²) >= 11 is 0. The zero-order chi connectivity index (χ0) is 11.1. The number of hydrogen-bond donors (Lipinski definition) is 1. The Hall–Kier alpha value is -1.06. The number of nitrogens with one attached hydrogen (secondary N) is 1. The summed E-state index contributed by atoms with van der Waals surface area (Å²) < 4.78 is 4.43. The van der Waals surface area contributed by atoms with Gasteiger partial charge < -0.3 is 10.1 Å². The van der Waals surface area contributed by atoms with Crippen LogP contribution in [-0.2, 0) is 14.3 Å². The van der Waals surface area contributed by atoms with Gasteiger partial charge in [-0.1, -0.05) is 25.7 Å². The van der Waals surface area contributed by atoms with Gasteiger partial charge in [0.15, 0.2) is 0 Å². The van der Waals surface area contributed by atoms with Crippen LogP contribution in [0, 0.1) is 0 Å². The number of methoxy groups -OCH3 is 1. The molecule has 86 valence electrons. The Balaban J connectivity index is 2.26. The summed E-state index contributed by atoms with van der Waals surface area (Å²) in [7, 11) is 1.29. The van der Waals surface area contributed by atoms with E-state index in [9.17, 15) is 9.59 Å². The van der Waals surface area contributed by atoms with Gasteiger partial charge in [0.05, 0.1) is 7.11 Å². The van der Waals surface area contributed by atoms with E-state index in [1.807, 2.05) is 0 Å². The molecule has 0 aromatic rings. The van der Waals surface area contributed by atoms with Crippen molar-refractivity contribution in [2.24, 2.45) is 0 Å². The number of amides is 1. The molecule has 0 saturated heterocycles. The molecule has 1 amide bonds. The van der Waals surface area contributed by atoms with Gasteiger partial charge in [-0.25, -0.2) is 0 Å². The average molecular weight is 213 g/mol. The van der Waals surface area contributed by atoms with Gasteiger partial charge in [0.25, 0.3) is 0 Å². The minimum atomic E-state index is -0.471. The molecule has 0 radical (unpaired) electrons. The van der Waals surface area contributed by atoms with Crippen LogP contribution in [0.2, 0.25) is 0 Å². The lowest BCUT2D eigenvalue weighted by Gasteiger charge is -2.15. The molecule has 15 heavy (non-hydrogen) atoms. The van der Waals surface area contributed by atoms with Crippen molar-refractivity contribution in [3.8, 4) is 0 Å². The molecular formula is C11H19NO3. The minimum Gasteiger partial charge on any atom is -0.469 e. The number of hydrogen-bond acceptors (Lipinski definition) is 3. The highest BCUT2D eigenvalue weighted by Crippen LogP contribution is 2.17. The zero-order valence-corrected chi connectivity index (χ0v) is 9.25. The molecule has 0 bridgehead atoms. The molecule has 0 aromatic carbocycles. The Kier molecular flexibility index (Phi) is 5.15. The van der Waals surface area contributed by atoms with Crippen LogP contribution in [0.25, 0.3) is 0 Å². The van der Waals surface area contributed by atoms with Crippen molar-refractivity contribution in [3.05, 3.63) is 0 Å². The highest BCUT2D eigenvalue weighted by atomic mass is 16.5. The number of rotatable bonds is 3. The van der Waals surface area contributed by atoms with Crippen LogP contribution < -0.4 is 5.32 Å². The van der Waals surface area contributed by atoms with Crippen molar-refractivity contribution in [2.75, 3.05) is 7.11 Å². The van der Waals surface area contributed by atoms with Crippen LogP contribution in [-0.4, -0.2) is 25.0 Å². The Bertz CT molecular complexity index is 220. The van der Waals surface area contributed by atoms with E-state index in [-0.39, 0.29) is 18.4 Å². The number of carbonyl (C=O) groups is 2. The summed E-state index contributed by atoms with van der Waals surface area (Å²) in [6.07, 6.45) is 6.76. The zero-order valence-electron chi connectivity index (χ0n) is 9.25. The predicted molar refractivity (Wildman–Crippen MR) is 56.3 cm³/mol. The molecule has 1 fully saturated rings. The van der Waals surface area contributed by atoms with Crippen LogP contribution in [0.1, 0.15) is 44.9 Å². The lowest BCUT2D eigenvalue weighted by molar-refractivity contribution is -0.143. The quantitative estimate of drug-likeness (QED) is 0.438. The summed E-state index contributed by atoms with van der Waals surface area (Å²) in [4.78, 5) is 22.2. The highest BCUT2D eigenvalue weighted by molar-refractivity contribution is 5.94. The van der Waals surface area contributed by atoms with E-state index in [1.165, 1.54) is 32.8 Å². The maximum Gasteiger partial charge on any atom is 0.315 e. The molecular weight excluding hydrogens is 194 g/mol. The van der Waals surface area contributed by atoms with Crippen LogP contribution in [0.5, 0.6) is 0 Å². The lowest BCUT2D eigenvalue weighted by atomic mass is 10.1. The maximum absolute atomic E-state index is 11.4. The minimum absolute atomic E-state index is 0.160. The molecule has 0 aliphatic heterocycles. The van der Waals surface area contributed by atoms with Gasteiger partial charge in [-0.3, -0.25) is 9.59 Å². The first-order chi connectivity index (χ1) is 7.22. The molecule has 1 aliphatic carbocycles. The second-order valence-electron chi connectivity index (χ2n) is 4.01. The van der Waals surface area contributed by atoms with Crippen molar-refractivity contribution in [1.29, 1.82) is 0 Å². The third kappa shape index (κ3) is 4.81. The third-order valence-electron chi connectivity index (χ3n) is 2.75. The van der Waals surface area contributed by atoms with Crippen LogP contribution in [0.15, 0.2) is 0 Å². The van der Waals surface area contributed by atoms with E-state index in [0.717, 1.165) is 12.8 Å². The summed E-state index contributed by atoms with van der Waals surface area (Å²) in [5, 5.41) is 2.88. The van der Waals surface area contributed by atoms with Gasteiger partial charge in [0.1, 0.15) is 6.42 Å². The topological polar surface area (TPSA) is 55.4 Å². The van der Waals surface area contributed by atoms with Crippen molar-refractivity contribution in [1.82, 2.24) is 5.32 Å². The van der Waals surface area contributed by atoms with Crippen molar-refractivity contribution in [2.45, 2.75) is 51.0 Å². The summed E-state index contributed by atoms with van der Waals surface area (Å²) in [5.41, 5.74) is 0. The first-order valence-electron chi connectivity index (χ1n) is 5.58. The van der Waals surface area contributed by atoms with Crippen molar-refractivity contribution in [3.63, 3.8) is 0 Å². The summed E-state index contributed by atoms with van der Waals surface area (Å²) in [5.74, 6) is -0.685. The molecule has 1 aliphatic rings. The molecule has 1 saturated carbocycles. The van der Waals surface area contributed by atoms with Gasteiger partial charge in [0, 0.05) is 6.04 Å². The standard InChI is InChI=1S/C11H19NO3/c1-15-11(14)8-10(13)12-9-6-4-2-3-5-7-9/h9H,2-8H2,1H3,(H,12,13). The molecule has 0 unspecified atom stereocenters. The Morgan fingerprint density at radius 2 is 1.80 bits per heavy atom. The molecule has 4 nitrogen and oxygen atoms in total. The lowest BCUT2D eigenvalue weighted by Crippen LogP contribution is -2.35. The van der Waals surface area contributed by atoms with Crippen LogP contribution >= 0.6 is 0 Å². The molecule has 4 heteroatoms. The summed E-state index contributed by atoms with van der Waals surface area (Å²) in [6, 6.07) is 0.254. The monoisotopic (exact) mass is 213 g/mol. The van der Waals surface area contributed by atoms with Crippen LogP contribution in [0.3, 0.4) is 0 Å². The van der Waals surface area contributed by atoms with E-state index in [4.69, 9.17) is 0 Å². The van der Waals surface area contributed by atoms with Crippen molar-refractivity contribution >= 4 is 11.9 Å². The molecule has 0 heterocycles. The van der Waals surface area contributed by atoms with Gasteiger partial charge in [-0.05, 0) is 12.8 Å². The fourth-order valence-corrected chi connectivity index (χ4v) is 1.91. The van der Waals surface area contributed by atoms with E-state index in [1.54, 1.807) is 0 Å². The van der Waals surface area contributed by atoms with Crippen molar-refractivity contribution < 1.29 is 14.3 Å². The first-order valence-corrected chi connectivity index (χ1v) is 5.58. The Morgan fingerprint density at radius 3 is 2.33 bits per heavy atom. The normalized spacial score (nSPS) is 17.9. The number of carbonyl (C=O) groups excluding carboxylic acids is 2. The maximum atomic E-state index is 11.4. The number of esters is 1. The number of ether oxygens (including phenoxy) is 1. The third-order valence-corrected chi connectivity index (χ3v) is 2.75. The smallest absolute Gasteiger partial charge is 0.315 e. The molecule has 0 aromatic heterocycles. The van der Waals surface area contributed by atoms with E-state index < -0.39 is 5.97 Å². The average Bonchev–Trinajstić information content (AvgIpc) is 2.46. The Labute approximate surface area is 90.4 Å². The van der Waals surface area contributed by atoms with E-state index in [0.29, 0.717) is 0 Å². The Morgan fingerprint density at radius 1 is 1.20 bits per heavy atom. The fraction of sp³-hybridized carbons (Fsp3) is 0.818. The van der Waals surface area contributed by atoms with E-state index in [2.05, 4.69) is 10.1 Å². The highest BCUT2D eigenvalue weighted by Gasteiger charge is 2.16. The first kappa shape index (κ1) is 12.0. The second-order valence-corrected chi connectivity index (χ2v) is 4.01. The molecule has 1 rings (SSSR count). The van der Waals surface area contributed by atoms with Gasteiger partial charge in [-0.2, -0.15) is 0 Å². The molecule has 0 atom stereocenters. The van der Waals surface area contributed by atoms with Gasteiger partial charge >= 0.3 is 5.97 Å². The molecule has 0 spiro atoms. The largest absolute Gasteiger partial charge is 0.469 e. The SMILES string of the molecule is COC(=O)CC(=O)NC1CCCCCC1. The fourth-order valence-electron chi connectivity index (χ4n) is 1.91. The van der Waals surface area contributed by atoms with Crippen LogP contribution in [0.4, 0.5) is 0 Å². The second kappa shape index (κ2) is 6.43. The van der Waals surface area contributed by atoms with Gasteiger partial charge in [-0.15, -0.1) is 0 Å². The van der Waals surface area contributed by atoms with Gasteiger partial charge in [0.2, 0.25) is 5.91 Å². The molecule has 1 N–H and O–H groups in total. The summed E-state index contributed by atoms with van der Waals surface area (Å²) in [6.45, 7) is 0. The van der Waals surface area contributed by atoms with E-state index >= 15 is 0 Å².